The summed E-state index contributed by atoms with van der Waals surface area (Å²) in [5.74, 6) is 0.594. The van der Waals surface area contributed by atoms with Crippen molar-refractivity contribution in [1.82, 2.24) is 25.4 Å². The number of rotatable bonds is 4. The Labute approximate surface area is 99.5 Å². The first kappa shape index (κ1) is 12.0. The molecule has 2 N–H and O–H groups in total. The molecule has 0 spiro atoms. The summed E-state index contributed by atoms with van der Waals surface area (Å²) in [7, 11) is 3.68. The summed E-state index contributed by atoms with van der Waals surface area (Å²) >= 11 is 0. The van der Waals surface area contributed by atoms with Crippen molar-refractivity contribution < 1.29 is 9.53 Å². The highest BCUT2D eigenvalue weighted by Crippen LogP contribution is 2.13. The molecule has 1 aliphatic heterocycles. The van der Waals surface area contributed by atoms with Gasteiger partial charge in [-0.1, -0.05) is 0 Å². The second kappa shape index (κ2) is 5.24. The van der Waals surface area contributed by atoms with Crippen LogP contribution in [0.25, 0.3) is 0 Å². The van der Waals surface area contributed by atoms with E-state index in [1.807, 2.05) is 14.1 Å². The predicted molar refractivity (Wildman–Crippen MR) is 60.0 cm³/mol. The van der Waals surface area contributed by atoms with Gasteiger partial charge in [0.15, 0.2) is 5.82 Å². The van der Waals surface area contributed by atoms with E-state index in [4.69, 9.17) is 4.74 Å². The zero-order valence-electron chi connectivity index (χ0n) is 10.0. The van der Waals surface area contributed by atoms with E-state index >= 15 is 0 Å². The van der Waals surface area contributed by atoms with Gasteiger partial charge in [-0.05, 0) is 7.05 Å². The minimum Gasteiger partial charge on any atom is -0.379 e. The molecular weight excluding hydrogens is 222 g/mol. The van der Waals surface area contributed by atoms with Gasteiger partial charge in [0, 0.05) is 13.1 Å². The van der Waals surface area contributed by atoms with Gasteiger partial charge < -0.3 is 19.9 Å². The van der Waals surface area contributed by atoms with Crippen LogP contribution in [0.2, 0.25) is 0 Å². The first-order valence-corrected chi connectivity index (χ1v) is 5.58. The summed E-state index contributed by atoms with van der Waals surface area (Å²) in [4.78, 5) is 11.9. The molecule has 2 heterocycles. The van der Waals surface area contributed by atoms with Gasteiger partial charge in [0.2, 0.25) is 5.91 Å². The molecule has 7 heteroatoms. The van der Waals surface area contributed by atoms with Gasteiger partial charge in [-0.3, -0.25) is 4.79 Å². The van der Waals surface area contributed by atoms with E-state index in [1.165, 1.54) is 0 Å². The number of likely N-dealkylation sites (N-methyl/N-ethyl adjacent to an activating group) is 1. The number of nitrogens with one attached hydrogen (secondary N) is 2. The van der Waals surface area contributed by atoms with Gasteiger partial charge >= 0.3 is 0 Å². The standard InChI is InChI=1S/C10H17N5O2/c1-11-8-5-17-4-7(8)10(16)12-3-9-14-13-6-15(9)2/h6-8,11H,3-5H2,1-2H3,(H,12,16). The van der Waals surface area contributed by atoms with Crippen molar-refractivity contribution >= 4 is 5.91 Å². The summed E-state index contributed by atoms with van der Waals surface area (Å²) in [6.45, 7) is 1.44. The van der Waals surface area contributed by atoms with E-state index in [9.17, 15) is 4.79 Å². The van der Waals surface area contributed by atoms with Crippen molar-refractivity contribution in [2.45, 2.75) is 12.6 Å². The molecule has 1 fully saturated rings. The molecule has 1 aromatic heterocycles. The lowest BCUT2D eigenvalue weighted by molar-refractivity contribution is -0.125. The maximum absolute atomic E-state index is 11.9. The van der Waals surface area contributed by atoms with Crippen LogP contribution < -0.4 is 10.6 Å². The van der Waals surface area contributed by atoms with Crippen LogP contribution >= 0.6 is 0 Å². The van der Waals surface area contributed by atoms with E-state index in [0.717, 1.165) is 5.82 Å². The SMILES string of the molecule is CNC1COCC1C(=O)NCc1nncn1C. The molecule has 0 aliphatic carbocycles. The third-order valence-electron chi connectivity index (χ3n) is 3.01. The summed E-state index contributed by atoms with van der Waals surface area (Å²) in [6, 6.07) is 0.0921. The van der Waals surface area contributed by atoms with Crippen LogP contribution in [0.5, 0.6) is 0 Å². The summed E-state index contributed by atoms with van der Waals surface area (Å²) < 4.78 is 7.06. The summed E-state index contributed by atoms with van der Waals surface area (Å²) in [5, 5.41) is 13.6. The van der Waals surface area contributed by atoms with Crippen molar-refractivity contribution in [1.29, 1.82) is 0 Å². The lowest BCUT2D eigenvalue weighted by Gasteiger charge is -2.16. The molecule has 2 atom stereocenters. The fraction of sp³-hybridized carbons (Fsp3) is 0.700. The Morgan fingerprint density at radius 2 is 2.47 bits per heavy atom. The van der Waals surface area contributed by atoms with Gasteiger partial charge in [-0.2, -0.15) is 0 Å². The first-order chi connectivity index (χ1) is 8.22. The smallest absolute Gasteiger partial charge is 0.227 e. The predicted octanol–water partition coefficient (Wildman–Crippen LogP) is -1.33. The lowest BCUT2D eigenvalue weighted by atomic mass is 10.0. The zero-order valence-corrected chi connectivity index (χ0v) is 10.0. The van der Waals surface area contributed by atoms with Crippen LogP contribution in [0, 0.1) is 5.92 Å². The lowest BCUT2D eigenvalue weighted by Crippen LogP contribution is -2.42. The van der Waals surface area contributed by atoms with E-state index < -0.39 is 0 Å². The Morgan fingerprint density at radius 1 is 1.65 bits per heavy atom. The first-order valence-electron chi connectivity index (χ1n) is 5.58. The van der Waals surface area contributed by atoms with Crippen LogP contribution in [0.3, 0.4) is 0 Å². The highest BCUT2D eigenvalue weighted by molar-refractivity contribution is 5.79. The number of amides is 1. The number of hydrogen-bond donors (Lipinski definition) is 2. The molecule has 0 bridgehead atoms. The molecule has 2 rings (SSSR count). The van der Waals surface area contributed by atoms with Crippen molar-refractivity contribution in [2.75, 3.05) is 20.3 Å². The van der Waals surface area contributed by atoms with Gasteiger partial charge in [0.05, 0.1) is 25.7 Å². The van der Waals surface area contributed by atoms with E-state index in [2.05, 4.69) is 20.8 Å². The zero-order chi connectivity index (χ0) is 12.3. The number of carbonyl (C=O) groups excluding carboxylic acids is 1. The number of carbonyl (C=O) groups is 1. The normalized spacial score (nSPS) is 23.9. The largest absolute Gasteiger partial charge is 0.379 e. The number of hydrogen-bond acceptors (Lipinski definition) is 5. The number of nitrogens with zero attached hydrogens (tertiary/aromatic N) is 3. The molecule has 7 nitrogen and oxygen atoms in total. The molecule has 1 aliphatic rings. The molecule has 1 saturated heterocycles. The highest BCUT2D eigenvalue weighted by atomic mass is 16.5. The van der Waals surface area contributed by atoms with Crippen molar-refractivity contribution in [3.8, 4) is 0 Å². The molecule has 0 radical (unpaired) electrons. The van der Waals surface area contributed by atoms with Gasteiger partial charge in [0.1, 0.15) is 6.33 Å². The van der Waals surface area contributed by atoms with Crippen molar-refractivity contribution in [2.24, 2.45) is 13.0 Å². The van der Waals surface area contributed by atoms with Gasteiger partial charge in [0.25, 0.3) is 0 Å². The Hall–Kier alpha value is -1.47. The van der Waals surface area contributed by atoms with Crippen molar-refractivity contribution in [3.63, 3.8) is 0 Å². The molecular formula is C10H17N5O2. The second-order valence-corrected chi connectivity index (χ2v) is 4.11. The van der Waals surface area contributed by atoms with Crippen LogP contribution in [0.15, 0.2) is 6.33 Å². The summed E-state index contributed by atoms with van der Waals surface area (Å²) in [6.07, 6.45) is 1.61. The molecule has 0 aromatic carbocycles. The molecule has 94 valence electrons. The monoisotopic (exact) mass is 239 g/mol. The Balaban J connectivity index is 1.87. The third-order valence-corrected chi connectivity index (χ3v) is 3.01. The Kier molecular flexibility index (Phi) is 3.70. The average molecular weight is 239 g/mol. The van der Waals surface area contributed by atoms with E-state index in [1.54, 1.807) is 10.9 Å². The number of ether oxygens (including phenoxy) is 1. The second-order valence-electron chi connectivity index (χ2n) is 4.11. The van der Waals surface area contributed by atoms with E-state index in [0.29, 0.717) is 19.8 Å². The number of aromatic nitrogens is 3. The highest BCUT2D eigenvalue weighted by Gasteiger charge is 2.32. The number of aryl methyl sites for hydroxylation is 1. The molecule has 2 unspecified atom stereocenters. The van der Waals surface area contributed by atoms with Gasteiger partial charge in [-0.25, -0.2) is 0 Å². The average Bonchev–Trinajstić information content (AvgIpc) is 2.94. The fourth-order valence-electron chi connectivity index (χ4n) is 1.86. The minimum atomic E-state index is -0.131. The van der Waals surface area contributed by atoms with Crippen LogP contribution in [0.1, 0.15) is 5.82 Å². The van der Waals surface area contributed by atoms with Crippen molar-refractivity contribution in [3.05, 3.63) is 12.2 Å². The molecule has 1 amide bonds. The van der Waals surface area contributed by atoms with E-state index in [-0.39, 0.29) is 17.9 Å². The van der Waals surface area contributed by atoms with Crippen LogP contribution in [0.4, 0.5) is 0 Å². The van der Waals surface area contributed by atoms with Crippen LogP contribution in [-0.4, -0.2) is 47.0 Å². The maximum atomic E-state index is 11.9. The topological polar surface area (TPSA) is 81.1 Å². The third kappa shape index (κ3) is 2.62. The summed E-state index contributed by atoms with van der Waals surface area (Å²) in [5.41, 5.74) is 0. The maximum Gasteiger partial charge on any atom is 0.227 e. The molecule has 17 heavy (non-hydrogen) atoms. The Morgan fingerprint density at radius 3 is 3.12 bits per heavy atom. The fourth-order valence-corrected chi connectivity index (χ4v) is 1.86. The van der Waals surface area contributed by atoms with Crippen LogP contribution in [-0.2, 0) is 23.1 Å². The van der Waals surface area contributed by atoms with Gasteiger partial charge in [-0.15, -0.1) is 10.2 Å². The minimum absolute atomic E-state index is 0.00940. The molecule has 1 aromatic rings. The quantitative estimate of drug-likeness (QED) is 0.680. The molecule has 0 saturated carbocycles. The Bertz CT molecular complexity index is 392.